The van der Waals surface area contributed by atoms with Gasteiger partial charge in [-0.05, 0) is 48.9 Å². The predicted octanol–water partition coefficient (Wildman–Crippen LogP) is 3.06. The van der Waals surface area contributed by atoms with Crippen molar-refractivity contribution in [2.24, 2.45) is 0 Å². The van der Waals surface area contributed by atoms with Gasteiger partial charge in [0.15, 0.2) is 0 Å². The number of carbonyl (C=O) groups is 1. The van der Waals surface area contributed by atoms with E-state index in [0.717, 1.165) is 17.0 Å². The topological polar surface area (TPSA) is 59.6 Å². The Hall–Kier alpha value is -2.69. The fraction of sp³-hybridized carbons (Fsp3) is 0.235. The van der Waals surface area contributed by atoms with E-state index >= 15 is 0 Å². The number of methoxy groups -OCH3 is 2. The van der Waals surface area contributed by atoms with E-state index in [4.69, 9.17) is 9.47 Å². The van der Waals surface area contributed by atoms with E-state index < -0.39 is 0 Å². The van der Waals surface area contributed by atoms with Gasteiger partial charge in [-0.3, -0.25) is 4.79 Å². The van der Waals surface area contributed by atoms with Gasteiger partial charge in [-0.15, -0.1) is 0 Å². The molecule has 2 aromatic carbocycles. The van der Waals surface area contributed by atoms with Gasteiger partial charge in [0.1, 0.15) is 11.5 Å². The Bertz CT molecular complexity index is 639. The number of hydrogen-bond donors (Lipinski definition) is 2. The van der Waals surface area contributed by atoms with Crippen LogP contribution in [0.4, 0.5) is 11.4 Å². The molecule has 0 saturated carbocycles. The van der Waals surface area contributed by atoms with Crippen molar-refractivity contribution in [3.63, 3.8) is 0 Å². The van der Waals surface area contributed by atoms with Crippen molar-refractivity contribution in [2.45, 2.75) is 6.92 Å². The summed E-state index contributed by atoms with van der Waals surface area (Å²) >= 11 is 0. The predicted molar refractivity (Wildman–Crippen MR) is 87.8 cm³/mol. The highest BCUT2D eigenvalue weighted by Crippen LogP contribution is 2.25. The SMILES string of the molecule is COc1ccc(NCC(=O)Nc2cc(C)ccc2OC)cc1. The Kier molecular flexibility index (Phi) is 5.25. The van der Waals surface area contributed by atoms with Crippen LogP contribution in [0.2, 0.25) is 0 Å². The molecule has 2 aromatic rings. The number of rotatable bonds is 6. The van der Waals surface area contributed by atoms with Gasteiger partial charge in [-0.25, -0.2) is 0 Å². The van der Waals surface area contributed by atoms with Gasteiger partial charge in [0.2, 0.25) is 5.91 Å². The van der Waals surface area contributed by atoms with E-state index in [1.807, 2.05) is 49.4 Å². The summed E-state index contributed by atoms with van der Waals surface area (Å²) in [5.41, 5.74) is 2.58. The lowest BCUT2D eigenvalue weighted by molar-refractivity contribution is -0.114. The van der Waals surface area contributed by atoms with Crippen LogP contribution in [0.25, 0.3) is 0 Å². The molecule has 2 rings (SSSR count). The molecule has 0 unspecified atom stereocenters. The Morgan fingerprint density at radius 2 is 1.77 bits per heavy atom. The lowest BCUT2D eigenvalue weighted by atomic mass is 10.2. The smallest absolute Gasteiger partial charge is 0.243 e. The van der Waals surface area contributed by atoms with Crippen molar-refractivity contribution in [1.29, 1.82) is 0 Å². The zero-order valence-corrected chi connectivity index (χ0v) is 13.0. The van der Waals surface area contributed by atoms with Gasteiger partial charge in [0, 0.05) is 5.69 Å². The minimum Gasteiger partial charge on any atom is -0.497 e. The zero-order valence-electron chi connectivity index (χ0n) is 13.0. The van der Waals surface area contributed by atoms with Crippen LogP contribution in [0, 0.1) is 6.92 Å². The highest BCUT2D eigenvalue weighted by molar-refractivity contribution is 5.95. The molecule has 5 heteroatoms. The molecule has 0 radical (unpaired) electrons. The lowest BCUT2D eigenvalue weighted by Gasteiger charge is -2.12. The summed E-state index contributed by atoms with van der Waals surface area (Å²) in [6.45, 7) is 2.13. The molecular formula is C17H20N2O3. The first-order valence-electron chi connectivity index (χ1n) is 6.95. The minimum atomic E-state index is -0.139. The first-order chi connectivity index (χ1) is 10.6. The van der Waals surface area contributed by atoms with Crippen LogP contribution in [-0.2, 0) is 4.79 Å². The maximum absolute atomic E-state index is 12.0. The van der Waals surface area contributed by atoms with E-state index in [0.29, 0.717) is 11.4 Å². The van der Waals surface area contributed by atoms with Crippen molar-refractivity contribution >= 4 is 17.3 Å². The third-order valence-corrected chi connectivity index (χ3v) is 3.17. The summed E-state index contributed by atoms with van der Waals surface area (Å²) in [6.07, 6.45) is 0. The quantitative estimate of drug-likeness (QED) is 0.861. The molecule has 22 heavy (non-hydrogen) atoms. The van der Waals surface area contributed by atoms with Gasteiger partial charge >= 0.3 is 0 Å². The van der Waals surface area contributed by atoms with Crippen molar-refractivity contribution in [3.8, 4) is 11.5 Å². The van der Waals surface area contributed by atoms with Crippen LogP contribution in [-0.4, -0.2) is 26.7 Å². The molecule has 116 valence electrons. The van der Waals surface area contributed by atoms with Gasteiger partial charge in [-0.1, -0.05) is 6.07 Å². The average molecular weight is 300 g/mol. The van der Waals surface area contributed by atoms with E-state index in [1.165, 1.54) is 0 Å². The summed E-state index contributed by atoms with van der Waals surface area (Å²) in [5.74, 6) is 1.28. The van der Waals surface area contributed by atoms with Crippen LogP contribution < -0.4 is 20.1 Å². The molecule has 0 bridgehead atoms. The molecule has 0 heterocycles. The highest BCUT2D eigenvalue weighted by Gasteiger charge is 2.07. The molecule has 0 fully saturated rings. The van der Waals surface area contributed by atoms with Crippen molar-refractivity contribution in [2.75, 3.05) is 31.4 Å². The molecule has 2 N–H and O–H groups in total. The van der Waals surface area contributed by atoms with Crippen molar-refractivity contribution in [3.05, 3.63) is 48.0 Å². The average Bonchev–Trinajstić information content (AvgIpc) is 2.53. The van der Waals surface area contributed by atoms with E-state index in [2.05, 4.69) is 10.6 Å². The largest absolute Gasteiger partial charge is 0.497 e. The normalized spacial score (nSPS) is 9.95. The third kappa shape index (κ3) is 4.15. The number of aryl methyl sites for hydroxylation is 1. The number of benzene rings is 2. The molecular weight excluding hydrogens is 280 g/mol. The van der Waals surface area contributed by atoms with Gasteiger partial charge in [0.05, 0.1) is 26.5 Å². The maximum Gasteiger partial charge on any atom is 0.243 e. The molecule has 0 aromatic heterocycles. The molecule has 0 atom stereocenters. The van der Waals surface area contributed by atoms with Crippen LogP contribution in [0.3, 0.4) is 0 Å². The number of hydrogen-bond acceptors (Lipinski definition) is 4. The number of carbonyl (C=O) groups excluding carboxylic acids is 1. The molecule has 1 amide bonds. The summed E-state index contributed by atoms with van der Waals surface area (Å²) < 4.78 is 10.3. The fourth-order valence-corrected chi connectivity index (χ4v) is 2.01. The van der Waals surface area contributed by atoms with Crippen molar-refractivity contribution < 1.29 is 14.3 Å². The minimum absolute atomic E-state index is 0.139. The number of ether oxygens (including phenoxy) is 2. The highest BCUT2D eigenvalue weighted by atomic mass is 16.5. The summed E-state index contributed by atoms with van der Waals surface area (Å²) in [6, 6.07) is 13.0. The van der Waals surface area contributed by atoms with E-state index in [1.54, 1.807) is 14.2 Å². The number of amides is 1. The van der Waals surface area contributed by atoms with E-state index in [9.17, 15) is 4.79 Å². The Balaban J connectivity index is 1.94. The van der Waals surface area contributed by atoms with E-state index in [-0.39, 0.29) is 12.5 Å². The zero-order chi connectivity index (χ0) is 15.9. The second-order valence-electron chi connectivity index (χ2n) is 4.83. The second-order valence-corrected chi connectivity index (χ2v) is 4.83. The first kappa shape index (κ1) is 15.7. The maximum atomic E-state index is 12.0. The molecule has 5 nitrogen and oxygen atoms in total. The Morgan fingerprint density at radius 3 is 2.41 bits per heavy atom. The standard InChI is InChI=1S/C17H20N2O3/c1-12-4-9-16(22-3)15(10-12)19-17(20)11-18-13-5-7-14(21-2)8-6-13/h4-10,18H,11H2,1-3H3,(H,19,20). The molecule has 0 saturated heterocycles. The monoisotopic (exact) mass is 300 g/mol. The van der Waals surface area contributed by atoms with Gasteiger partial charge in [0.25, 0.3) is 0 Å². The fourth-order valence-electron chi connectivity index (χ4n) is 2.01. The number of nitrogens with one attached hydrogen (secondary N) is 2. The second kappa shape index (κ2) is 7.36. The van der Waals surface area contributed by atoms with Crippen LogP contribution >= 0.6 is 0 Å². The van der Waals surface area contributed by atoms with Crippen LogP contribution in [0.5, 0.6) is 11.5 Å². The first-order valence-corrected chi connectivity index (χ1v) is 6.95. The van der Waals surface area contributed by atoms with Crippen LogP contribution in [0.1, 0.15) is 5.56 Å². The molecule has 0 spiro atoms. The van der Waals surface area contributed by atoms with Gasteiger partial charge < -0.3 is 20.1 Å². The summed E-state index contributed by atoms with van der Waals surface area (Å²) in [5, 5.41) is 5.90. The van der Waals surface area contributed by atoms with Gasteiger partial charge in [-0.2, -0.15) is 0 Å². The molecule has 0 aliphatic carbocycles. The molecule has 0 aliphatic heterocycles. The summed E-state index contributed by atoms with van der Waals surface area (Å²) in [7, 11) is 3.20. The third-order valence-electron chi connectivity index (χ3n) is 3.17. The lowest BCUT2D eigenvalue weighted by Crippen LogP contribution is -2.22. The summed E-state index contributed by atoms with van der Waals surface area (Å²) in [4.78, 5) is 12.0. The van der Waals surface area contributed by atoms with Crippen molar-refractivity contribution in [1.82, 2.24) is 0 Å². The molecule has 0 aliphatic rings. The Morgan fingerprint density at radius 1 is 1.05 bits per heavy atom. The Labute approximate surface area is 130 Å². The van der Waals surface area contributed by atoms with Crippen LogP contribution in [0.15, 0.2) is 42.5 Å². The number of anilines is 2.